The number of aromatic amines is 1. The summed E-state index contributed by atoms with van der Waals surface area (Å²) in [5, 5.41) is 0. The number of nitrogens with zero attached hydrogens (tertiary/aromatic N) is 1. The van der Waals surface area contributed by atoms with Gasteiger partial charge in [0, 0.05) is 11.3 Å². The molecule has 0 spiro atoms. The minimum absolute atomic E-state index is 0.146. The molecular formula is C14H16N2O3. The maximum atomic E-state index is 11.8. The molecule has 0 atom stereocenters. The maximum Gasteiger partial charge on any atom is 0.254 e. The minimum atomic E-state index is -0.146. The van der Waals surface area contributed by atoms with Crippen LogP contribution in [0.25, 0.3) is 11.4 Å². The highest BCUT2D eigenvalue weighted by Crippen LogP contribution is 2.30. The quantitative estimate of drug-likeness (QED) is 0.917. The lowest BCUT2D eigenvalue weighted by Gasteiger charge is -2.10. The van der Waals surface area contributed by atoms with E-state index in [2.05, 4.69) is 9.97 Å². The van der Waals surface area contributed by atoms with Gasteiger partial charge in [-0.3, -0.25) is 4.79 Å². The molecule has 19 heavy (non-hydrogen) atoms. The van der Waals surface area contributed by atoms with Gasteiger partial charge in [0.25, 0.3) is 5.56 Å². The summed E-state index contributed by atoms with van der Waals surface area (Å²) in [7, 11) is 3.16. The van der Waals surface area contributed by atoms with Gasteiger partial charge < -0.3 is 14.5 Å². The van der Waals surface area contributed by atoms with Crippen molar-refractivity contribution in [1.29, 1.82) is 0 Å². The van der Waals surface area contributed by atoms with Crippen LogP contribution < -0.4 is 15.0 Å². The molecule has 1 heterocycles. The van der Waals surface area contributed by atoms with Crippen LogP contribution >= 0.6 is 0 Å². The molecule has 2 rings (SSSR count). The Morgan fingerprint density at radius 1 is 1.16 bits per heavy atom. The van der Waals surface area contributed by atoms with Crippen LogP contribution in [0.2, 0.25) is 0 Å². The van der Waals surface area contributed by atoms with E-state index in [4.69, 9.17) is 9.47 Å². The molecule has 1 aromatic heterocycles. The van der Waals surface area contributed by atoms with Crippen LogP contribution in [-0.4, -0.2) is 24.2 Å². The van der Waals surface area contributed by atoms with Gasteiger partial charge in [-0.15, -0.1) is 0 Å². The lowest BCUT2D eigenvalue weighted by molar-refractivity contribution is 0.404. The van der Waals surface area contributed by atoms with Crippen molar-refractivity contribution in [3.8, 4) is 22.9 Å². The third-order valence-electron chi connectivity index (χ3n) is 3.06. The smallest absolute Gasteiger partial charge is 0.254 e. The normalized spacial score (nSPS) is 10.3. The Labute approximate surface area is 111 Å². The summed E-state index contributed by atoms with van der Waals surface area (Å²) < 4.78 is 10.5. The highest BCUT2D eigenvalue weighted by atomic mass is 16.5. The van der Waals surface area contributed by atoms with E-state index < -0.39 is 0 Å². The van der Waals surface area contributed by atoms with Gasteiger partial charge in [0.1, 0.15) is 17.3 Å². The molecule has 0 unspecified atom stereocenters. The first kappa shape index (κ1) is 13.1. The topological polar surface area (TPSA) is 64.2 Å². The Morgan fingerprint density at radius 3 is 2.47 bits per heavy atom. The predicted octanol–water partition coefficient (Wildman–Crippen LogP) is 2.07. The van der Waals surface area contributed by atoms with Crippen LogP contribution in [0.5, 0.6) is 11.5 Å². The Balaban J connectivity index is 2.66. The summed E-state index contributed by atoms with van der Waals surface area (Å²) in [6, 6.07) is 5.36. The lowest BCUT2D eigenvalue weighted by atomic mass is 10.1. The van der Waals surface area contributed by atoms with Gasteiger partial charge in [-0.25, -0.2) is 4.98 Å². The average Bonchev–Trinajstić information content (AvgIpc) is 2.43. The number of ether oxygens (including phenoxy) is 2. The van der Waals surface area contributed by atoms with E-state index in [9.17, 15) is 4.79 Å². The standard InChI is InChI=1S/C14H16N2O3/c1-8-9(2)15-13(16-14(8)17)11-7-10(18-3)5-6-12(11)19-4/h5-7H,1-4H3,(H,15,16,17). The monoisotopic (exact) mass is 260 g/mol. The highest BCUT2D eigenvalue weighted by Gasteiger charge is 2.12. The molecule has 1 N–H and O–H groups in total. The molecule has 0 aliphatic rings. The lowest BCUT2D eigenvalue weighted by Crippen LogP contribution is -2.14. The molecule has 0 saturated carbocycles. The average molecular weight is 260 g/mol. The summed E-state index contributed by atoms with van der Waals surface area (Å²) in [6.45, 7) is 3.55. The van der Waals surface area contributed by atoms with Crippen LogP contribution in [0.15, 0.2) is 23.0 Å². The maximum absolute atomic E-state index is 11.8. The largest absolute Gasteiger partial charge is 0.497 e. The summed E-state index contributed by atoms with van der Waals surface area (Å²) in [5.74, 6) is 1.78. The summed E-state index contributed by atoms with van der Waals surface area (Å²) in [5.41, 5.74) is 1.86. The second-order valence-corrected chi connectivity index (χ2v) is 4.19. The molecule has 5 nitrogen and oxygen atoms in total. The van der Waals surface area contributed by atoms with E-state index in [0.29, 0.717) is 34.1 Å². The number of H-pyrrole nitrogens is 1. The molecule has 100 valence electrons. The second kappa shape index (κ2) is 5.14. The second-order valence-electron chi connectivity index (χ2n) is 4.19. The zero-order valence-electron chi connectivity index (χ0n) is 11.4. The highest BCUT2D eigenvalue weighted by molar-refractivity contribution is 5.66. The molecular weight excluding hydrogens is 244 g/mol. The number of rotatable bonds is 3. The zero-order chi connectivity index (χ0) is 14.0. The van der Waals surface area contributed by atoms with Gasteiger partial charge in [-0.2, -0.15) is 0 Å². The number of nitrogens with one attached hydrogen (secondary N) is 1. The fraction of sp³-hybridized carbons (Fsp3) is 0.286. The van der Waals surface area contributed by atoms with Gasteiger partial charge in [-0.1, -0.05) is 0 Å². The molecule has 0 fully saturated rings. The number of benzene rings is 1. The minimum Gasteiger partial charge on any atom is -0.497 e. The Hall–Kier alpha value is -2.30. The third kappa shape index (κ3) is 2.45. The Bertz CT molecular complexity index is 662. The molecule has 0 radical (unpaired) electrons. The van der Waals surface area contributed by atoms with Crippen LogP contribution in [0.3, 0.4) is 0 Å². The SMILES string of the molecule is COc1ccc(OC)c(-c2nc(C)c(C)c(=O)[nH]2)c1. The first-order valence-corrected chi connectivity index (χ1v) is 5.86. The van der Waals surface area contributed by atoms with Crippen LogP contribution in [0.1, 0.15) is 11.3 Å². The Morgan fingerprint density at radius 2 is 1.89 bits per heavy atom. The molecule has 0 saturated heterocycles. The fourth-order valence-corrected chi connectivity index (χ4v) is 1.77. The summed E-state index contributed by atoms with van der Waals surface area (Å²) >= 11 is 0. The van der Waals surface area contributed by atoms with E-state index >= 15 is 0 Å². The van der Waals surface area contributed by atoms with E-state index in [1.54, 1.807) is 46.3 Å². The molecule has 0 aliphatic carbocycles. The molecule has 5 heteroatoms. The summed E-state index contributed by atoms with van der Waals surface area (Å²) in [6.07, 6.45) is 0. The van der Waals surface area contributed by atoms with E-state index in [-0.39, 0.29) is 5.56 Å². The van der Waals surface area contributed by atoms with Crippen molar-refractivity contribution in [3.63, 3.8) is 0 Å². The number of aromatic nitrogens is 2. The van der Waals surface area contributed by atoms with Crippen LogP contribution in [0.4, 0.5) is 0 Å². The van der Waals surface area contributed by atoms with Crippen molar-refractivity contribution in [3.05, 3.63) is 39.8 Å². The predicted molar refractivity (Wildman–Crippen MR) is 72.9 cm³/mol. The van der Waals surface area contributed by atoms with Gasteiger partial charge >= 0.3 is 0 Å². The molecule has 1 aromatic carbocycles. The van der Waals surface area contributed by atoms with Gasteiger partial charge in [0.05, 0.1) is 19.8 Å². The Kier molecular flexibility index (Phi) is 3.55. The van der Waals surface area contributed by atoms with Crippen molar-refractivity contribution in [2.45, 2.75) is 13.8 Å². The van der Waals surface area contributed by atoms with Crippen molar-refractivity contribution in [1.82, 2.24) is 9.97 Å². The summed E-state index contributed by atoms with van der Waals surface area (Å²) in [4.78, 5) is 19.0. The van der Waals surface area contributed by atoms with E-state index in [1.807, 2.05) is 0 Å². The zero-order valence-corrected chi connectivity index (χ0v) is 11.4. The number of hydrogen-bond donors (Lipinski definition) is 1. The van der Waals surface area contributed by atoms with Crippen LogP contribution in [-0.2, 0) is 0 Å². The van der Waals surface area contributed by atoms with Crippen molar-refractivity contribution < 1.29 is 9.47 Å². The number of methoxy groups -OCH3 is 2. The van der Waals surface area contributed by atoms with Gasteiger partial charge in [-0.05, 0) is 32.0 Å². The van der Waals surface area contributed by atoms with Gasteiger partial charge in [0.15, 0.2) is 0 Å². The molecule has 0 bridgehead atoms. The number of aryl methyl sites for hydroxylation is 1. The molecule has 2 aromatic rings. The fourth-order valence-electron chi connectivity index (χ4n) is 1.77. The first-order chi connectivity index (χ1) is 9.06. The third-order valence-corrected chi connectivity index (χ3v) is 3.06. The molecule has 0 amide bonds. The molecule has 0 aliphatic heterocycles. The van der Waals surface area contributed by atoms with Gasteiger partial charge in [0.2, 0.25) is 0 Å². The number of hydrogen-bond acceptors (Lipinski definition) is 4. The first-order valence-electron chi connectivity index (χ1n) is 5.86. The van der Waals surface area contributed by atoms with E-state index in [0.717, 1.165) is 0 Å². The van der Waals surface area contributed by atoms with Crippen LogP contribution in [0, 0.1) is 13.8 Å². The van der Waals surface area contributed by atoms with Crippen molar-refractivity contribution in [2.75, 3.05) is 14.2 Å². The van der Waals surface area contributed by atoms with E-state index in [1.165, 1.54) is 0 Å². The van der Waals surface area contributed by atoms with Crippen molar-refractivity contribution in [2.24, 2.45) is 0 Å². The van der Waals surface area contributed by atoms with Crippen molar-refractivity contribution >= 4 is 0 Å².